The van der Waals surface area contributed by atoms with Crippen LogP contribution in [0.5, 0.6) is 5.75 Å². The van der Waals surface area contributed by atoms with Crippen molar-refractivity contribution in [2.24, 2.45) is 0 Å². The molecule has 2 rings (SSSR count). The smallest absolute Gasteiger partial charge is 0.365 e. The van der Waals surface area contributed by atoms with E-state index >= 15 is 0 Å². The van der Waals surface area contributed by atoms with Crippen LogP contribution in [0.25, 0.3) is 0 Å². The lowest BCUT2D eigenvalue weighted by Gasteiger charge is -2.07. The number of ether oxygens (including phenoxy) is 1. The standard InChI is InChI=1S/C13H12ClNO3/c1-7-4-10(5-8(2)12(7)14)17-13(16)11-6-9(3)18-15-11/h4-6H,1-3H3. The topological polar surface area (TPSA) is 52.3 Å². The number of aromatic nitrogens is 1. The lowest BCUT2D eigenvalue weighted by molar-refractivity contribution is 0.0724. The molecular weight excluding hydrogens is 254 g/mol. The van der Waals surface area contributed by atoms with Gasteiger partial charge >= 0.3 is 5.97 Å². The Morgan fingerprint density at radius 1 is 1.22 bits per heavy atom. The molecule has 0 saturated carbocycles. The number of esters is 1. The fourth-order valence-corrected chi connectivity index (χ4v) is 1.70. The maximum atomic E-state index is 11.8. The molecule has 2 aromatic rings. The summed E-state index contributed by atoms with van der Waals surface area (Å²) in [6.07, 6.45) is 0. The summed E-state index contributed by atoms with van der Waals surface area (Å²) < 4.78 is 10.0. The summed E-state index contributed by atoms with van der Waals surface area (Å²) in [4.78, 5) is 11.8. The van der Waals surface area contributed by atoms with E-state index < -0.39 is 5.97 Å². The number of hydrogen-bond acceptors (Lipinski definition) is 4. The normalized spacial score (nSPS) is 10.4. The summed E-state index contributed by atoms with van der Waals surface area (Å²) in [6, 6.07) is 4.94. The van der Waals surface area contributed by atoms with Gasteiger partial charge in [-0.2, -0.15) is 0 Å². The van der Waals surface area contributed by atoms with Gasteiger partial charge in [-0.25, -0.2) is 4.79 Å². The van der Waals surface area contributed by atoms with Gasteiger partial charge in [0, 0.05) is 11.1 Å². The van der Waals surface area contributed by atoms with Crippen LogP contribution >= 0.6 is 11.6 Å². The molecule has 0 aliphatic rings. The first kappa shape index (κ1) is 12.6. The molecule has 0 unspecified atom stereocenters. The lowest BCUT2D eigenvalue weighted by Crippen LogP contribution is -2.09. The largest absolute Gasteiger partial charge is 0.422 e. The quantitative estimate of drug-likeness (QED) is 0.616. The Kier molecular flexibility index (Phi) is 3.39. The minimum Gasteiger partial charge on any atom is -0.422 e. The van der Waals surface area contributed by atoms with E-state index in [1.54, 1.807) is 19.1 Å². The van der Waals surface area contributed by atoms with Crippen LogP contribution in [0, 0.1) is 20.8 Å². The molecule has 0 radical (unpaired) electrons. The molecule has 5 heteroatoms. The molecule has 1 heterocycles. The molecule has 0 bridgehead atoms. The highest BCUT2D eigenvalue weighted by Crippen LogP contribution is 2.26. The number of aryl methyl sites for hydroxylation is 3. The van der Waals surface area contributed by atoms with Crippen LogP contribution in [-0.2, 0) is 0 Å². The molecule has 0 aliphatic carbocycles. The third-order valence-electron chi connectivity index (χ3n) is 2.46. The highest BCUT2D eigenvalue weighted by atomic mass is 35.5. The van der Waals surface area contributed by atoms with Gasteiger partial charge in [0.2, 0.25) is 0 Å². The zero-order valence-electron chi connectivity index (χ0n) is 10.3. The zero-order chi connectivity index (χ0) is 13.3. The number of carbonyl (C=O) groups excluding carboxylic acids is 1. The molecule has 0 atom stereocenters. The van der Waals surface area contributed by atoms with Crippen molar-refractivity contribution in [1.29, 1.82) is 0 Å². The molecule has 0 amide bonds. The van der Waals surface area contributed by atoms with Crippen LogP contribution in [0.2, 0.25) is 5.02 Å². The molecule has 0 aliphatic heterocycles. The Balaban J connectivity index is 2.22. The van der Waals surface area contributed by atoms with Crippen LogP contribution < -0.4 is 4.74 Å². The van der Waals surface area contributed by atoms with Crippen LogP contribution in [-0.4, -0.2) is 11.1 Å². The van der Waals surface area contributed by atoms with Crippen molar-refractivity contribution in [3.8, 4) is 5.75 Å². The third kappa shape index (κ3) is 2.54. The summed E-state index contributed by atoms with van der Waals surface area (Å²) in [5.74, 6) is 0.457. The van der Waals surface area contributed by atoms with E-state index in [1.807, 2.05) is 13.8 Å². The summed E-state index contributed by atoms with van der Waals surface area (Å²) >= 11 is 6.04. The van der Waals surface area contributed by atoms with Gasteiger partial charge in [-0.1, -0.05) is 16.8 Å². The Labute approximate surface area is 109 Å². The second-order valence-corrected chi connectivity index (χ2v) is 4.46. The summed E-state index contributed by atoms with van der Waals surface area (Å²) in [7, 11) is 0. The highest BCUT2D eigenvalue weighted by molar-refractivity contribution is 6.32. The predicted octanol–water partition coefficient (Wildman–Crippen LogP) is 3.47. The fourth-order valence-electron chi connectivity index (χ4n) is 1.59. The van der Waals surface area contributed by atoms with Gasteiger partial charge in [0.25, 0.3) is 0 Å². The van der Waals surface area contributed by atoms with Crippen LogP contribution in [0.1, 0.15) is 27.4 Å². The Morgan fingerprint density at radius 2 is 1.83 bits per heavy atom. The number of carbonyl (C=O) groups is 1. The average molecular weight is 266 g/mol. The molecule has 94 valence electrons. The highest BCUT2D eigenvalue weighted by Gasteiger charge is 2.14. The van der Waals surface area contributed by atoms with E-state index in [4.69, 9.17) is 20.9 Å². The second kappa shape index (κ2) is 4.82. The average Bonchev–Trinajstić information content (AvgIpc) is 2.72. The van der Waals surface area contributed by atoms with E-state index in [-0.39, 0.29) is 5.69 Å². The first-order chi connectivity index (χ1) is 8.47. The van der Waals surface area contributed by atoms with Crippen LogP contribution in [0.15, 0.2) is 22.7 Å². The van der Waals surface area contributed by atoms with Gasteiger partial charge in [0.05, 0.1) is 0 Å². The second-order valence-electron chi connectivity index (χ2n) is 4.08. The molecule has 1 aromatic heterocycles. The van der Waals surface area contributed by atoms with Crippen LogP contribution in [0.3, 0.4) is 0 Å². The summed E-state index contributed by atoms with van der Waals surface area (Å²) in [5.41, 5.74) is 1.87. The Hall–Kier alpha value is -1.81. The van der Waals surface area contributed by atoms with Gasteiger partial charge < -0.3 is 9.26 Å². The molecule has 1 aromatic carbocycles. The van der Waals surface area contributed by atoms with E-state index in [0.717, 1.165) is 11.1 Å². The van der Waals surface area contributed by atoms with Crippen molar-refractivity contribution in [3.63, 3.8) is 0 Å². The molecule has 4 nitrogen and oxygen atoms in total. The number of halogens is 1. The van der Waals surface area contributed by atoms with Crippen molar-refractivity contribution in [1.82, 2.24) is 5.16 Å². The summed E-state index contributed by atoms with van der Waals surface area (Å²) in [5, 5.41) is 4.27. The van der Waals surface area contributed by atoms with Gasteiger partial charge in [0.1, 0.15) is 11.5 Å². The number of rotatable bonds is 2. The number of nitrogens with zero attached hydrogens (tertiary/aromatic N) is 1. The van der Waals surface area contributed by atoms with Crippen molar-refractivity contribution >= 4 is 17.6 Å². The summed E-state index contributed by atoms with van der Waals surface area (Å²) in [6.45, 7) is 5.42. The van der Waals surface area contributed by atoms with E-state index in [0.29, 0.717) is 16.5 Å². The molecule has 0 fully saturated rings. The first-order valence-electron chi connectivity index (χ1n) is 5.39. The van der Waals surface area contributed by atoms with Gasteiger partial charge in [0.15, 0.2) is 5.69 Å². The van der Waals surface area contributed by atoms with Crippen molar-refractivity contribution < 1.29 is 14.1 Å². The minimum absolute atomic E-state index is 0.151. The monoisotopic (exact) mass is 265 g/mol. The fraction of sp³-hybridized carbons (Fsp3) is 0.231. The number of benzene rings is 1. The molecule has 0 N–H and O–H groups in total. The minimum atomic E-state index is -0.548. The van der Waals surface area contributed by atoms with Gasteiger partial charge in [-0.05, 0) is 44.0 Å². The Bertz CT molecular complexity index is 581. The van der Waals surface area contributed by atoms with Crippen molar-refractivity contribution in [3.05, 3.63) is 45.8 Å². The van der Waals surface area contributed by atoms with E-state index in [1.165, 1.54) is 6.07 Å². The van der Waals surface area contributed by atoms with E-state index in [2.05, 4.69) is 5.16 Å². The number of hydrogen-bond donors (Lipinski definition) is 0. The first-order valence-corrected chi connectivity index (χ1v) is 5.77. The SMILES string of the molecule is Cc1cc(C(=O)Oc2cc(C)c(Cl)c(C)c2)no1. The van der Waals surface area contributed by atoms with Gasteiger partial charge in [-0.3, -0.25) is 0 Å². The van der Waals surface area contributed by atoms with Gasteiger partial charge in [-0.15, -0.1) is 0 Å². The molecular formula is C13H12ClNO3. The van der Waals surface area contributed by atoms with Crippen molar-refractivity contribution in [2.45, 2.75) is 20.8 Å². The molecule has 0 spiro atoms. The maximum Gasteiger partial charge on any atom is 0.365 e. The predicted molar refractivity (Wildman–Crippen MR) is 67.1 cm³/mol. The maximum absolute atomic E-state index is 11.8. The third-order valence-corrected chi connectivity index (χ3v) is 3.05. The zero-order valence-corrected chi connectivity index (χ0v) is 11.0. The molecule has 0 saturated heterocycles. The van der Waals surface area contributed by atoms with Crippen LogP contribution in [0.4, 0.5) is 0 Å². The van der Waals surface area contributed by atoms with E-state index in [9.17, 15) is 4.79 Å². The molecule has 18 heavy (non-hydrogen) atoms. The Morgan fingerprint density at radius 3 is 2.33 bits per heavy atom. The lowest BCUT2D eigenvalue weighted by atomic mass is 10.1. The van der Waals surface area contributed by atoms with Crippen molar-refractivity contribution in [2.75, 3.05) is 0 Å².